The largest absolute Gasteiger partial charge is 0.497 e. The van der Waals surface area contributed by atoms with Crippen molar-refractivity contribution in [1.29, 1.82) is 0 Å². The number of hydrogen-bond acceptors (Lipinski definition) is 4. The van der Waals surface area contributed by atoms with Crippen LogP contribution in [0.4, 0.5) is 15.8 Å². The van der Waals surface area contributed by atoms with Gasteiger partial charge in [0.15, 0.2) is 0 Å². The average molecular weight is 372 g/mol. The van der Waals surface area contributed by atoms with Crippen LogP contribution in [0.5, 0.6) is 5.75 Å². The van der Waals surface area contributed by atoms with Gasteiger partial charge in [-0.05, 0) is 62.9 Å². The van der Waals surface area contributed by atoms with Crippen molar-refractivity contribution >= 4 is 17.3 Å². The first-order valence-corrected chi connectivity index (χ1v) is 8.75. The Labute approximate surface area is 156 Å². The van der Waals surface area contributed by atoms with Gasteiger partial charge in [-0.2, -0.15) is 0 Å². The maximum Gasteiger partial charge on any atom is 0.276 e. The van der Waals surface area contributed by atoms with Gasteiger partial charge in [-0.25, -0.2) is 4.39 Å². The molecule has 2 aromatic carbocycles. The van der Waals surface area contributed by atoms with Crippen LogP contribution in [0.25, 0.3) is 0 Å². The van der Waals surface area contributed by atoms with Gasteiger partial charge in [-0.15, -0.1) is 0 Å². The maximum absolute atomic E-state index is 14.2. The zero-order valence-corrected chi connectivity index (χ0v) is 15.4. The molecule has 0 N–H and O–H groups in total. The molecule has 0 bridgehead atoms. The molecule has 0 saturated heterocycles. The smallest absolute Gasteiger partial charge is 0.276 e. The molecule has 0 radical (unpaired) electrons. The monoisotopic (exact) mass is 372 g/mol. The van der Waals surface area contributed by atoms with Crippen LogP contribution in [0, 0.1) is 28.8 Å². The van der Waals surface area contributed by atoms with E-state index in [1.165, 1.54) is 6.92 Å². The van der Waals surface area contributed by atoms with Crippen molar-refractivity contribution in [2.75, 3.05) is 12.0 Å². The van der Waals surface area contributed by atoms with Gasteiger partial charge in [0.1, 0.15) is 11.6 Å². The molecule has 1 aliphatic carbocycles. The topological polar surface area (TPSA) is 72.7 Å². The summed E-state index contributed by atoms with van der Waals surface area (Å²) in [6, 6.07) is 9.12. The predicted molar refractivity (Wildman–Crippen MR) is 99.8 cm³/mol. The Kier molecular flexibility index (Phi) is 5.12. The number of rotatable bonds is 6. The van der Waals surface area contributed by atoms with Gasteiger partial charge in [-0.1, -0.05) is 0 Å². The number of ether oxygens (including phenoxy) is 1. The molecule has 1 amide bonds. The second kappa shape index (κ2) is 7.34. The number of amides is 1. The van der Waals surface area contributed by atoms with E-state index in [4.69, 9.17) is 4.74 Å². The molecule has 1 saturated carbocycles. The van der Waals surface area contributed by atoms with Gasteiger partial charge in [0.2, 0.25) is 0 Å². The fourth-order valence-corrected chi connectivity index (χ4v) is 3.19. The lowest BCUT2D eigenvalue weighted by Gasteiger charge is -2.30. The molecule has 0 aromatic heterocycles. The molecule has 6 nitrogen and oxygen atoms in total. The number of carbonyl (C=O) groups is 1. The highest BCUT2D eigenvalue weighted by molar-refractivity contribution is 6.07. The first kappa shape index (κ1) is 18.8. The average Bonchev–Trinajstić information content (AvgIpc) is 3.49. The van der Waals surface area contributed by atoms with E-state index in [-0.39, 0.29) is 17.2 Å². The number of halogens is 1. The molecule has 1 atom stereocenters. The number of hydrogen-bond donors (Lipinski definition) is 0. The summed E-state index contributed by atoms with van der Waals surface area (Å²) in [6.07, 6.45) is 2.03. The van der Waals surface area contributed by atoms with Gasteiger partial charge in [0.25, 0.3) is 11.6 Å². The summed E-state index contributed by atoms with van der Waals surface area (Å²) in [4.78, 5) is 25.3. The van der Waals surface area contributed by atoms with E-state index in [1.807, 2.05) is 6.92 Å². The fraction of sp³-hybridized carbons (Fsp3) is 0.350. The summed E-state index contributed by atoms with van der Waals surface area (Å²) in [6.45, 7) is 3.27. The Balaban J connectivity index is 2.04. The van der Waals surface area contributed by atoms with Crippen molar-refractivity contribution < 1.29 is 18.8 Å². The Hall–Kier alpha value is -2.96. The molecule has 0 heterocycles. The zero-order valence-electron chi connectivity index (χ0n) is 15.4. The third kappa shape index (κ3) is 3.77. The van der Waals surface area contributed by atoms with Crippen LogP contribution in [-0.4, -0.2) is 24.0 Å². The summed E-state index contributed by atoms with van der Waals surface area (Å²) in [5.41, 5.74) is 0.131. The SMILES string of the molecule is COc1ccc(N(C(=O)c2cc(F)c(C)c([N+](=O)[O-])c2)C(C)C2CC2)cc1. The Morgan fingerprint density at radius 3 is 2.44 bits per heavy atom. The Bertz CT molecular complexity index is 878. The summed E-state index contributed by atoms with van der Waals surface area (Å²) in [5, 5.41) is 11.2. The van der Waals surface area contributed by atoms with E-state index in [0.29, 0.717) is 17.4 Å². The zero-order chi connectivity index (χ0) is 19.7. The minimum atomic E-state index is -0.763. The molecule has 27 heavy (non-hydrogen) atoms. The summed E-state index contributed by atoms with van der Waals surface area (Å²) in [5.74, 6) is -0.202. The Morgan fingerprint density at radius 2 is 1.93 bits per heavy atom. The van der Waals surface area contributed by atoms with Crippen LogP contribution >= 0.6 is 0 Å². The molecule has 0 spiro atoms. The summed E-state index contributed by atoms with van der Waals surface area (Å²) >= 11 is 0. The van der Waals surface area contributed by atoms with E-state index >= 15 is 0 Å². The lowest BCUT2D eigenvalue weighted by molar-refractivity contribution is -0.385. The van der Waals surface area contributed by atoms with Gasteiger partial charge < -0.3 is 9.64 Å². The highest BCUT2D eigenvalue weighted by Crippen LogP contribution is 2.38. The third-order valence-corrected chi connectivity index (χ3v) is 5.04. The number of nitro benzene ring substituents is 1. The minimum absolute atomic E-state index is 0.0341. The number of nitrogens with zero attached hydrogens (tertiary/aromatic N) is 2. The Morgan fingerprint density at radius 1 is 1.30 bits per heavy atom. The van der Waals surface area contributed by atoms with Crippen LogP contribution < -0.4 is 9.64 Å². The molecule has 2 aromatic rings. The van der Waals surface area contributed by atoms with E-state index in [0.717, 1.165) is 25.0 Å². The van der Waals surface area contributed by atoms with E-state index in [9.17, 15) is 19.3 Å². The van der Waals surface area contributed by atoms with E-state index in [2.05, 4.69) is 0 Å². The number of benzene rings is 2. The minimum Gasteiger partial charge on any atom is -0.497 e. The van der Waals surface area contributed by atoms with Crippen molar-refractivity contribution in [2.24, 2.45) is 5.92 Å². The quantitative estimate of drug-likeness (QED) is 0.553. The predicted octanol–water partition coefficient (Wildman–Crippen LogP) is 4.50. The number of methoxy groups -OCH3 is 1. The molecule has 1 aliphatic rings. The van der Waals surface area contributed by atoms with Crippen molar-refractivity contribution in [1.82, 2.24) is 0 Å². The van der Waals surface area contributed by atoms with Crippen LogP contribution in [0.2, 0.25) is 0 Å². The van der Waals surface area contributed by atoms with Crippen LogP contribution in [-0.2, 0) is 0 Å². The third-order valence-electron chi connectivity index (χ3n) is 5.04. The first-order valence-electron chi connectivity index (χ1n) is 8.75. The second-order valence-electron chi connectivity index (χ2n) is 6.81. The second-order valence-corrected chi connectivity index (χ2v) is 6.81. The number of carbonyl (C=O) groups excluding carboxylic acids is 1. The lowest BCUT2D eigenvalue weighted by Crippen LogP contribution is -2.40. The number of nitro groups is 1. The standard InChI is InChI=1S/C20H21FN2O4/c1-12-18(21)10-15(11-19(12)23(25)26)20(24)22(13(2)14-4-5-14)16-6-8-17(27-3)9-7-16/h6-11,13-14H,4-5H2,1-3H3. The molecular formula is C20H21FN2O4. The van der Waals surface area contributed by atoms with Crippen molar-refractivity contribution in [3.8, 4) is 5.75 Å². The van der Waals surface area contributed by atoms with Crippen molar-refractivity contribution in [2.45, 2.75) is 32.7 Å². The fourth-order valence-electron chi connectivity index (χ4n) is 3.19. The summed E-state index contributed by atoms with van der Waals surface area (Å²) < 4.78 is 19.4. The van der Waals surface area contributed by atoms with Crippen molar-refractivity contribution in [3.63, 3.8) is 0 Å². The van der Waals surface area contributed by atoms with Crippen LogP contribution in [0.15, 0.2) is 36.4 Å². The maximum atomic E-state index is 14.2. The number of anilines is 1. The van der Waals surface area contributed by atoms with E-state index in [1.54, 1.807) is 36.3 Å². The van der Waals surface area contributed by atoms with Crippen molar-refractivity contribution in [3.05, 3.63) is 63.5 Å². The molecule has 1 fully saturated rings. The molecule has 3 rings (SSSR count). The van der Waals surface area contributed by atoms with Crippen LogP contribution in [0.1, 0.15) is 35.7 Å². The van der Waals surface area contributed by atoms with Gasteiger partial charge >= 0.3 is 0 Å². The highest BCUT2D eigenvalue weighted by Gasteiger charge is 2.36. The normalized spacial score (nSPS) is 14.5. The first-order chi connectivity index (χ1) is 12.8. The highest BCUT2D eigenvalue weighted by atomic mass is 19.1. The molecule has 0 aliphatic heterocycles. The van der Waals surface area contributed by atoms with E-state index < -0.39 is 22.3 Å². The van der Waals surface area contributed by atoms with Gasteiger partial charge in [0.05, 0.1) is 17.6 Å². The van der Waals surface area contributed by atoms with Gasteiger partial charge in [-0.3, -0.25) is 14.9 Å². The summed E-state index contributed by atoms with van der Waals surface area (Å²) in [7, 11) is 1.55. The molecule has 1 unspecified atom stereocenters. The van der Waals surface area contributed by atoms with Gasteiger partial charge in [0, 0.05) is 23.4 Å². The van der Waals surface area contributed by atoms with Crippen LogP contribution in [0.3, 0.4) is 0 Å². The molecule has 142 valence electrons. The molecule has 7 heteroatoms. The lowest BCUT2D eigenvalue weighted by atomic mass is 10.1. The molecular weight excluding hydrogens is 351 g/mol.